The van der Waals surface area contributed by atoms with Crippen molar-refractivity contribution in [2.45, 2.75) is 32.9 Å². The van der Waals surface area contributed by atoms with Crippen LogP contribution >= 0.6 is 0 Å². The zero-order chi connectivity index (χ0) is 15.1. The average Bonchev–Trinajstić information content (AvgIpc) is 2.89. The first-order valence-corrected chi connectivity index (χ1v) is 7.03. The number of hydroxylamine groups is 1. The van der Waals surface area contributed by atoms with Gasteiger partial charge in [0.2, 0.25) is 5.91 Å². The van der Waals surface area contributed by atoms with Crippen molar-refractivity contribution in [3.05, 3.63) is 28.8 Å². The summed E-state index contributed by atoms with van der Waals surface area (Å²) < 4.78 is 4.98. The molecular weight excluding hydrogens is 272 g/mol. The van der Waals surface area contributed by atoms with E-state index in [1.807, 2.05) is 26.0 Å². The van der Waals surface area contributed by atoms with Gasteiger partial charge in [-0.1, -0.05) is 12.1 Å². The third kappa shape index (κ3) is 2.11. The van der Waals surface area contributed by atoms with Gasteiger partial charge in [-0.15, -0.1) is 0 Å². The van der Waals surface area contributed by atoms with Crippen molar-refractivity contribution >= 4 is 17.6 Å². The van der Waals surface area contributed by atoms with Gasteiger partial charge in [-0.3, -0.25) is 9.63 Å². The van der Waals surface area contributed by atoms with Crippen molar-refractivity contribution in [3.63, 3.8) is 0 Å². The summed E-state index contributed by atoms with van der Waals surface area (Å²) in [7, 11) is 0. The van der Waals surface area contributed by atoms with Crippen molar-refractivity contribution < 1.29 is 19.2 Å². The van der Waals surface area contributed by atoms with Crippen LogP contribution in [0.4, 0.5) is 5.69 Å². The lowest BCUT2D eigenvalue weighted by Gasteiger charge is -2.30. The van der Waals surface area contributed by atoms with E-state index in [0.29, 0.717) is 0 Å². The van der Waals surface area contributed by atoms with Gasteiger partial charge < -0.3 is 10.1 Å². The molecule has 0 saturated carbocycles. The molecule has 0 bridgehead atoms. The Morgan fingerprint density at radius 2 is 2.05 bits per heavy atom. The highest BCUT2D eigenvalue weighted by atomic mass is 16.7. The maximum atomic E-state index is 12.4. The first kappa shape index (κ1) is 14.0. The van der Waals surface area contributed by atoms with E-state index in [1.54, 1.807) is 6.92 Å². The summed E-state index contributed by atoms with van der Waals surface area (Å²) in [6, 6.07) is 3.64. The molecule has 2 heterocycles. The summed E-state index contributed by atoms with van der Waals surface area (Å²) in [5, 5.41) is 2.90. The lowest BCUT2D eigenvalue weighted by atomic mass is 9.82. The second kappa shape index (κ2) is 5.13. The minimum atomic E-state index is -0.914. The van der Waals surface area contributed by atoms with E-state index in [0.717, 1.165) is 22.4 Å². The van der Waals surface area contributed by atoms with Gasteiger partial charge in [0.25, 0.3) is 0 Å². The maximum Gasteiger partial charge on any atom is 0.338 e. The van der Waals surface area contributed by atoms with E-state index >= 15 is 0 Å². The molecule has 1 saturated heterocycles. The van der Waals surface area contributed by atoms with E-state index in [2.05, 4.69) is 10.8 Å². The number of anilines is 1. The van der Waals surface area contributed by atoms with E-state index in [9.17, 15) is 9.59 Å². The van der Waals surface area contributed by atoms with E-state index in [4.69, 9.17) is 9.57 Å². The second-order valence-electron chi connectivity index (χ2n) is 5.39. The second-order valence-corrected chi connectivity index (χ2v) is 5.39. The lowest BCUT2D eigenvalue weighted by Crippen LogP contribution is -2.41. The van der Waals surface area contributed by atoms with Gasteiger partial charge >= 0.3 is 5.97 Å². The molecular formula is C15H18N2O4. The predicted octanol–water partition coefficient (Wildman–Crippen LogP) is 1.38. The van der Waals surface area contributed by atoms with Crippen LogP contribution in [0.15, 0.2) is 12.1 Å². The SMILES string of the molecule is CCOC(=O)[C@H]1ON[C@@H]2c3c(C)ccc(C)c3NC(=O)[C@H]12. The zero-order valence-electron chi connectivity index (χ0n) is 12.2. The predicted molar refractivity (Wildman–Crippen MR) is 75.4 cm³/mol. The summed E-state index contributed by atoms with van der Waals surface area (Å²) in [6.07, 6.45) is -0.914. The molecule has 1 amide bonds. The smallest absolute Gasteiger partial charge is 0.338 e. The first-order chi connectivity index (χ1) is 10.0. The van der Waals surface area contributed by atoms with E-state index in [1.165, 1.54) is 0 Å². The molecule has 6 nitrogen and oxygen atoms in total. The normalized spacial score (nSPS) is 26.8. The molecule has 112 valence electrons. The molecule has 1 aromatic rings. The van der Waals surface area contributed by atoms with Crippen molar-refractivity contribution in [3.8, 4) is 0 Å². The Labute approximate surface area is 122 Å². The number of hydrogen-bond acceptors (Lipinski definition) is 5. The molecule has 2 aliphatic heterocycles. The van der Waals surface area contributed by atoms with Crippen molar-refractivity contribution in [2.75, 3.05) is 11.9 Å². The third-order valence-corrected chi connectivity index (χ3v) is 4.06. The minimum Gasteiger partial charge on any atom is -0.464 e. The van der Waals surface area contributed by atoms with Crippen LogP contribution in [0, 0.1) is 19.8 Å². The summed E-state index contributed by atoms with van der Waals surface area (Å²) >= 11 is 0. The molecule has 0 radical (unpaired) electrons. The number of carbonyl (C=O) groups is 2. The number of benzene rings is 1. The van der Waals surface area contributed by atoms with Crippen molar-refractivity contribution in [2.24, 2.45) is 5.92 Å². The van der Waals surface area contributed by atoms with Gasteiger partial charge in [0.15, 0.2) is 6.10 Å². The number of fused-ring (bicyclic) bond motifs is 3. The Morgan fingerprint density at radius 3 is 2.76 bits per heavy atom. The summed E-state index contributed by atoms with van der Waals surface area (Å²) in [6.45, 7) is 5.90. The number of aryl methyl sites for hydroxylation is 2. The van der Waals surface area contributed by atoms with Gasteiger partial charge in [-0.2, -0.15) is 5.48 Å². The monoisotopic (exact) mass is 290 g/mol. The van der Waals surface area contributed by atoms with Gasteiger partial charge in [0, 0.05) is 5.69 Å². The standard InChI is InChI=1S/C15H18N2O4/c1-4-20-15(19)13-10-12(17-21-13)9-7(2)5-6-8(3)11(9)16-14(10)18/h5-6,10,12-13,17H,4H2,1-3H3,(H,16,18)/t10-,12+,13-/m0/s1. The van der Waals surface area contributed by atoms with Crippen LogP contribution in [0.2, 0.25) is 0 Å². The zero-order valence-corrected chi connectivity index (χ0v) is 12.2. The van der Waals surface area contributed by atoms with Crippen LogP contribution in [-0.2, 0) is 19.2 Å². The molecule has 6 heteroatoms. The fraction of sp³-hybridized carbons (Fsp3) is 0.467. The molecule has 0 aliphatic carbocycles. The highest BCUT2D eigenvalue weighted by Gasteiger charge is 2.51. The van der Waals surface area contributed by atoms with Crippen LogP contribution in [0.25, 0.3) is 0 Å². The Balaban J connectivity index is 2.01. The molecule has 0 aromatic heterocycles. The van der Waals surface area contributed by atoms with Crippen molar-refractivity contribution in [1.82, 2.24) is 5.48 Å². The van der Waals surface area contributed by atoms with Crippen LogP contribution in [0.1, 0.15) is 29.7 Å². The molecule has 3 rings (SSSR count). The number of ether oxygens (including phenoxy) is 1. The van der Waals surface area contributed by atoms with Crippen molar-refractivity contribution in [1.29, 1.82) is 0 Å². The largest absolute Gasteiger partial charge is 0.464 e. The number of amides is 1. The Bertz CT molecular complexity index is 614. The molecule has 0 spiro atoms. The molecule has 2 aliphatic rings. The third-order valence-electron chi connectivity index (χ3n) is 4.06. The molecule has 0 unspecified atom stereocenters. The van der Waals surface area contributed by atoms with Crippen LogP contribution < -0.4 is 10.8 Å². The van der Waals surface area contributed by atoms with Gasteiger partial charge in [-0.25, -0.2) is 4.79 Å². The number of hydrogen-bond donors (Lipinski definition) is 2. The molecule has 2 N–H and O–H groups in total. The molecule has 1 aromatic carbocycles. The van der Waals surface area contributed by atoms with E-state index in [-0.39, 0.29) is 18.6 Å². The highest BCUT2D eigenvalue weighted by molar-refractivity contribution is 6.00. The number of nitrogens with one attached hydrogen (secondary N) is 2. The Hall–Kier alpha value is -1.92. The van der Waals surface area contributed by atoms with Crippen LogP contribution in [0.5, 0.6) is 0 Å². The van der Waals surface area contributed by atoms with E-state index < -0.39 is 18.0 Å². The number of carbonyl (C=O) groups excluding carboxylic acids is 2. The molecule has 1 fully saturated rings. The Kier molecular flexibility index (Phi) is 3.43. The summed E-state index contributed by atoms with van der Waals surface area (Å²) in [4.78, 5) is 29.7. The first-order valence-electron chi connectivity index (χ1n) is 7.03. The van der Waals surface area contributed by atoms with Gasteiger partial charge in [0.05, 0.1) is 18.6 Å². The fourth-order valence-electron chi connectivity index (χ4n) is 3.02. The lowest BCUT2D eigenvalue weighted by molar-refractivity contribution is -0.160. The van der Waals surface area contributed by atoms with Gasteiger partial charge in [-0.05, 0) is 37.5 Å². The maximum absolute atomic E-state index is 12.4. The fourth-order valence-corrected chi connectivity index (χ4v) is 3.02. The molecule has 3 atom stereocenters. The molecule has 21 heavy (non-hydrogen) atoms. The Morgan fingerprint density at radius 1 is 1.33 bits per heavy atom. The minimum absolute atomic E-state index is 0.218. The van der Waals surface area contributed by atoms with Crippen LogP contribution in [-0.4, -0.2) is 24.6 Å². The highest BCUT2D eigenvalue weighted by Crippen LogP contribution is 2.43. The number of rotatable bonds is 2. The number of esters is 1. The topological polar surface area (TPSA) is 76.7 Å². The van der Waals surface area contributed by atoms with Gasteiger partial charge in [0.1, 0.15) is 0 Å². The quantitative estimate of drug-likeness (QED) is 0.805. The van der Waals surface area contributed by atoms with Crippen LogP contribution in [0.3, 0.4) is 0 Å². The average molecular weight is 290 g/mol. The summed E-state index contributed by atoms with van der Waals surface area (Å²) in [5.41, 5.74) is 6.66. The summed E-state index contributed by atoms with van der Waals surface area (Å²) in [5.74, 6) is -1.34.